The molecule has 1 N–H and O–H groups in total. The summed E-state index contributed by atoms with van der Waals surface area (Å²) in [5.74, 6) is 0.847. The first-order valence-electron chi connectivity index (χ1n) is 9.64. The predicted octanol–water partition coefficient (Wildman–Crippen LogP) is 2.48. The number of carbonyl (C=O) groups is 1. The van der Waals surface area contributed by atoms with Gasteiger partial charge in [-0.1, -0.05) is 23.8 Å². The second kappa shape index (κ2) is 8.95. The number of aromatic nitrogens is 2. The topological polar surface area (TPSA) is 61.4 Å². The maximum atomic E-state index is 12.6. The number of anilines is 1. The number of nitrogens with one attached hydrogen (secondary N) is 1. The normalized spacial score (nSPS) is 16.6. The minimum Gasteiger partial charge on any atom is -0.348 e. The van der Waals surface area contributed by atoms with E-state index < -0.39 is 0 Å². The Labute approximate surface area is 161 Å². The van der Waals surface area contributed by atoms with Gasteiger partial charge in [-0.15, -0.1) is 0 Å². The van der Waals surface area contributed by atoms with E-state index >= 15 is 0 Å². The molecule has 144 valence electrons. The zero-order valence-electron chi connectivity index (χ0n) is 16.5. The van der Waals surface area contributed by atoms with E-state index in [0.29, 0.717) is 6.54 Å². The highest BCUT2D eigenvalue weighted by Crippen LogP contribution is 2.19. The minimum atomic E-state index is 0.0126. The number of carbonyl (C=O) groups excluding carboxylic acids is 1. The Balaban J connectivity index is 1.53. The summed E-state index contributed by atoms with van der Waals surface area (Å²) >= 11 is 0. The molecule has 0 radical (unpaired) electrons. The lowest BCUT2D eigenvalue weighted by molar-refractivity contribution is -0.122. The number of benzene rings is 1. The number of hydrogen-bond donors (Lipinski definition) is 1. The van der Waals surface area contributed by atoms with E-state index in [1.807, 2.05) is 6.07 Å². The Bertz CT molecular complexity index is 764. The number of rotatable bonds is 5. The molecule has 1 fully saturated rings. The highest BCUT2D eigenvalue weighted by molar-refractivity contribution is 5.78. The molecule has 2 aromatic rings. The zero-order chi connectivity index (χ0) is 19.2. The zero-order valence-corrected chi connectivity index (χ0v) is 16.5. The molecular formula is C21H29N5O. The van der Waals surface area contributed by atoms with Crippen molar-refractivity contribution in [2.24, 2.45) is 0 Å². The molecule has 1 aromatic carbocycles. The molecule has 1 aromatic heterocycles. The van der Waals surface area contributed by atoms with Gasteiger partial charge in [-0.05, 0) is 44.4 Å². The van der Waals surface area contributed by atoms with Crippen molar-refractivity contribution in [3.63, 3.8) is 0 Å². The first kappa shape index (κ1) is 19.3. The van der Waals surface area contributed by atoms with Crippen molar-refractivity contribution in [3.8, 4) is 0 Å². The summed E-state index contributed by atoms with van der Waals surface area (Å²) in [4.78, 5) is 25.6. The monoisotopic (exact) mass is 367 g/mol. The predicted molar refractivity (Wildman–Crippen MR) is 108 cm³/mol. The van der Waals surface area contributed by atoms with Gasteiger partial charge in [-0.2, -0.15) is 0 Å². The fraction of sp³-hybridized carbons (Fsp3) is 0.476. The van der Waals surface area contributed by atoms with Crippen molar-refractivity contribution in [1.82, 2.24) is 20.2 Å². The van der Waals surface area contributed by atoms with Crippen LogP contribution in [0.4, 0.5) is 5.95 Å². The van der Waals surface area contributed by atoms with Crippen LogP contribution in [0.1, 0.15) is 36.1 Å². The lowest BCUT2D eigenvalue weighted by atomic mass is 10.00. The lowest BCUT2D eigenvalue weighted by Gasteiger charge is -2.23. The van der Waals surface area contributed by atoms with E-state index in [-0.39, 0.29) is 11.9 Å². The van der Waals surface area contributed by atoms with Crippen LogP contribution in [0, 0.1) is 13.8 Å². The van der Waals surface area contributed by atoms with Crippen molar-refractivity contribution in [2.45, 2.75) is 33.2 Å². The van der Waals surface area contributed by atoms with Crippen molar-refractivity contribution in [3.05, 3.63) is 53.3 Å². The van der Waals surface area contributed by atoms with Crippen molar-refractivity contribution in [1.29, 1.82) is 0 Å². The van der Waals surface area contributed by atoms with Gasteiger partial charge in [0, 0.05) is 38.6 Å². The van der Waals surface area contributed by atoms with Gasteiger partial charge in [0.2, 0.25) is 11.9 Å². The first-order chi connectivity index (χ1) is 13.0. The fourth-order valence-corrected chi connectivity index (χ4v) is 3.58. The molecule has 1 amide bonds. The molecular weight excluding hydrogens is 338 g/mol. The van der Waals surface area contributed by atoms with E-state index in [4.69, 9.17) is 0 Å². The van der Waals surface area contributed by atoms with E-state index in [0.717, 1.165) is 38.5 Å². The van der Waals surface area contributed by atoms with Crippen LogP contribution >= 0.6 is 0 Å². The third-order valence-electron chi connectivity index (χ3n) is 5.07. The van der Waals surface area contributed by atoms with Gasteiger partial charge in [0.15, 0.2) is 0 Å². The molecule has 3 rings (SSSR count). The van der Waals surface area contributed by atoms with Crippen molar-refractivity contribution in [2.75, 3.05) is 37.6 Å². The summed E-state index contributed by atoms with van der Waals surface area (Å²) in [5, 5.41) is 3.16. The van der Waals surface area contributed by atoms with E-state index in [1.54, 1.807) is 12.4 Å². The van der Waals surface area contributed by atoms with E-state index in [1.165, 1.54) is 16.7 Å². The van der Waals surface area contributed by atoms with Crippen molar-refractivity contribution < 1.29 is 4.79 Å². The van der Waals surface area contributed by atoms with Gasteiger partial charge in [0.25, 0.3) is 0 Å². The van der Waals surface area contributed by atoms with Crippen molar-refractivity contribution >= 4 is 11.9 Å². The highest BCUT2D eigenvalue weighted by Gasteiger charge is 2.19. The van der Waals surface area contributed by atoms with Crippen LogP contribution in [-0.4, -0.2) is 53.5 Å². The molecule has 2 heterocycles. The van der Waals surface area contributed by atoms with Gasteiger partial charge >= 0.3 is 0 Å². The molecule has 1 aliphatic heterocycles. The summed E-state index contributed by atoms with van der Waals surface area (Å²) in [6.45, 7) is 10.2. The number of aryl methyl sites for hydroxylation is 2. The third kappa shape index (κ3) is 5.26. The smallest absolute Gasteiger partial charge is 0.234 e. The quantitative estimate of drug-likeness (QED) is 0.880. The summed E-state index contributed by atoms with van der Waals surface area (Å²) in [5.41, 5.74) is 3.61. The average molecular weight is 367 g/mol. The molecule has 1 unspecified atom stereocenters. The van der Waals surface area contributed by atoms with E-state index in [9.17, 15) is 4.79 Å². The molecule has 6 heteroatoms. The molecule has 0 bridgehead atoms. The molecule has 1 atom stereocenters. The molecule has 6 nitrogen and oxygen atoms in total. The Hall–Kier alpha value is -2.47. The standard InChI is InChI=1S/C21H29N5O/c1-16-6-7-17(2)19(14-16)18(3)24-20(27)15-25-10-5-11-26(13-12-25)21-22-8-4-9-23-21/h4,6-9,14,18H,5,10-13,15H2,1-3H3,(H,24,27). The number of amides is 1. The van der Waals surface area contributed by atoms with Crippen LogP contribution in [0.25, 0.3) is 0 Å². The second-order valence-electron chi connectivity index (χ2n) is 7.31. The summed E-state index contributed by atoms with van der Waals surface area (Å²) in [7, 11) is 0. The maximum absolute atomic E-state index is 12.6. The molecule has 1 saturated heterocycles. The van der Waals surface area contributed by atoms with Crippen LogP contribution in [-0.2, 0) is 4.79 Å². The van der Waals surface area contributed by atoms with Gasteiger partial charge in [-0.25, -0.2) is 9.97 Å². The van der Waals surface area contributed by atoms with Gasteiger partial charge in [-0.3, -0.25) is 9.69 Å². The summed E-state index contributed by atoms with van der Waals surface area (Å²) in [6.07, 6.45) is 4.54. The largest absolute Gasteiger partial charge is 0.348 e. The van der Waals surface area contributed by atoms with Crippen LogP contribution in [0.5, 0.6) is 0 Å². The highest BCUT2D eigenvalue weighted by atomic mass is 16.2. The number of nitrogens with zero attached hydrogens (tertiary/aromatic N) is 4. The fourth-order valence-electron chi connectivity index (χ4n) is 3.58. The second-order valence-corrected chi connectivity index (χ2v) is 7.31. The van der Waals surface area contributed by atoms with Crippen LogP contribution < -0.4 is 10.2 Å². The molecule has 0 aliphatic carbocycles. The minimum absolute atomic E-state index is 0.0126. The van der Waals surface area contributed by atoms with Gasteiger partial charge < -0.3 is 10.2 Å². The molecule has 1 aliphatic rings. The van der Waals surface area contributed by atoms with Crippen LogP contribution in [0.3, 0.4) is 0 Å². The van der Waals surface area contributed by atoms with Crippen LogP contribution in [0.15, 0.2) is 36.7 Å². The van der Waals surface area contributed by atoms with E-state index in [2.05, 4.69) is 64.1 Å². The first-order valence-corrected chi connectivity index (χ1v) is 9.64. The molecule has 27 heavy (non-hydrogen) atoms. The van der Waals surface area contributed by atoms with Gasteiger partial charge in [0.05, 0.1) is 12.6 Å². The Kier molecular flexibility index (Phi) is 6.40. The Morgan fingerprint density at radius 3 is 2.70 bits per heavy atom. The lowest BCUT2D eigenvalue weighted by Crippen LogP contribution is -2.40. The third-order valence-corrected chi connectivity index (χ3v) is 5.07. The Morgan fingerprint density at radius 2 is 1.93 bits per heavy atom. The SMILES string of the molecule is Cc1ccc(C)c(C(C)NC(=O)CN2CCCN(c3ncccn3)CC2)c1. The molecule has 0 spiro atoms. The summed E-state index contributed by atoms with van der Waals surface area (Å²) < 4.78 is 0. The molecule has 0 saturated carbocycles. The maximum Gasteiger partial charge on any atom is 0.234 e. The average Bonchev–Trinajstić information content (AvgIpc) is 2.90. The Morgan fingerprint density at radius 1 is 1.15 bits per heavy atom. The van der Waals surface area contributed by atoms with Crippen LogP contribution in [0.2, 0.25) is 0 Å². The number of hydrogen-bond acceptors (Lipinski definition) is 5. The van der Waals surface area contributed by atoms with Gasteiger partial charge in [0.1, 0.15) is 0 Å². The summed E-state index contributed by atoms with van der Waals surface area (Å²) in [6, 6.07) is 8.22.